The number of aliphatic hydroxyl groups is 2. The Morgan fingerprint density at radius 1 is 0.839 bits per heavy atom. The van der Waals surface area contributed by atoms with Gasteiger partial charge >= 0.3 is 0 Å². The van der Waals surface area contributed by atoms with Gasteiger partial charge in [-0.25, -0.2) is 0 Å². The van der Waals surface area contributed by atoms with Crippen LogP contribution in [0.4, 0.5) is 0 Å². The Bertz CT molecular complexity index is 630. The highest BCUT2D eigenvalue weighted by atomic mass is 16.3. The van der Waals surface area contributed by atoms with Crippen LogP contribution in [0, 0.1) is 52.3 Å². The monoisotopic (exact) mass is 432 g/mol. The number of fused-ring (bicyclic) bond motifs is 5. The molecule has 4 aliphatic carbocycles. The molecule has 4 saturated carbocycles. The molecule has 4 aliphatic rings. The molecule has 0 aromatic heterocycles. The van der Waals surface area contributed by atoms with E-state index >= 15 is 0 Å². The second-order valence-electron chi connectivity index (χ2n) is 13.5. The second-order valence-corrected chi connectivity index (χ2v) is 13.5. The molecule has 0 saturated heterocycles. The molecular formula is C29H52O2. The minimum absolute atomic E-state index is 0.133. The largest absolute Gasteiger partial charge is 0.393 e. The Balaban J connectivity index is 1.46. The summed E-state index contributed by atoms with van der Waals surface area (Å²) in [5.74, 6) is 5.44. The molecule has 0 spiro atoms. The summed E-state index contributed by atoms with van der Waals surface area (Å²) < 4.78 is 0. The molecule has 0 heterocycles. The summed E-state index contributed by atoms with van der Waals surface area (Å²) in [5.41, 5.74) is 0.608. The quantitative estimate of drug-likeness (QED) is 0.465. The van der Waals surface area contributed by atoms with Gasteiger partial charge in [0.05, 0.1) is 11.7 Å². The SMILES string of the molecule is CC[C@]1(O)CC[C@@]2(C)[C@H](CC[C@@H]3[C@@H]2CC[C@]2(C)C([C@H](C)CC[C@@H](O)C(C)C)CC[C@@H]32)C1. The first-order valence-electron chi connectivity index (χ1n) is 13.9. The van der Waals surface area contributed by atoms with Crippen molar-refractivity contribution in [1.29, 1.82) is 0 Å². The first-order chi connectivity index (χ1) is 14.5. The molecule has 0 aliphatic heterocycles. The molecule has 4 rings (SSSR count). The Kier molecular flexibility index (Phi) is 6.68. The fourth-order valence-corrected chi connectivity index (χ4v) is 9.59. The van der Waals surface area contributed by atoms with E-state index in [1.807, 2.05) is 0 Å². The van der Waals surface area contributed by atoms with Crippen molar-refractivity contribution < 1.29 is 10.2 Å². The van der Waals surface area contributed by atoms with Crippen molar-refractivity contribution in [2.24, 2.45) is 52.3 Å². The zero-order chi connectivity index (χ0) is 22.6. The molecular weight excluding hydrogens is 380 g/mol. The average molecular weight is 433 g/mol. The van der Waals surface area contributed by atoms with E-state index < -0.39 is 0 Å². The van der Waals surface area contributed by atoms with Gasteiger partial charge in [0.1, 0.15) is 0 Å². The van der Waals surface area contributed by atoms with Crippen LogP contribution in [-0.4, -0.2) is 21.9 Å². The van der Waals surface area contributed by atoms with Crippen LogP contribution in [0.1, 0.15) is 119 Å². The maximum Gasteiger partial charge on any atom is 0.0648 e. The summed E-state index contributed by atoms with van der Waals surface area (Å²) >= 11 is 0. The smallest absolute Gasteiger partial charge is 0.0648 e. The van der Waals surface area contributed by atoms with E-state index in [0.717, 1.165) is 61.2 Å². The third-order valence-electron chi connectivity index (χ3n) is 11.9. The Hall–Kier alpha value is -0.0800. The van der Waals surface area contributed by atoms with E-state index in [1.165, 1.54) is 51.4 Å². The summed E-state index contributed by atoms with van der Waals surface area (Å²) in [7, 11) is 0. The Labute approximate surface area is 193 Å². The van der Waals surface area contributed by atoms with Crippen molar-refractivity contribution in [2.45, 2.75) is 130 Å². The van der Waals surface area contributed by atoms with Crippen LogP contribution in [0.5, 0.6) is 0 Å². The van der Waals surface area contributed by atoms with Crippen LogP contribution in [0.2, 0.25) is 0 Å². The summed E-state index contributed by atoms with van der Waals surface area (Å²) in [4.78, 5) is 0. The van der Waals surface area contributed by atoms with Gasteiger partial charge in [-0.1, -0.05) is 41.5 Å². The van der Waals surface area contributed by atoms with E-state index in [0.29, 0.717) is 16.7 Å². The number of aliphatic hydroxyl groups excluding tert-OH is 1. The van der Waals surface area contributed by atoms with Crippen LogP contribution >= 0.6 is 0 Å². The molecule has 2 heteroatoms. The summed E-state index contributed by atoms with van der Waals surface area (Å²) in [6.07, 6.45) is 14.8. The van der Waals surface area contributed by atoms with Gasteiger partial charge in [-0.3, -0.25) is 0 Å². The molecule has 2 nitrogen and oxygen atoms in total. The van der Waals surface area contributed by atoms with Gasteiger partial charge in [0.25, 0.3) is 0 Å². The maximum atomic E-state index is 11.0. The lowest BCUT2D eigenvalue weighted by Gasteiger charge is -2.62. The van der Waals surface area contributed by atoms with Gasteiger partial charge in [-0.05, 0) is 129 Å². The van der Waals surface area contributed by atoms with Gasteiger partial charge < -0.3 is 10.2 Å². The third-order valence-corrected chi connectivity index (χ3v) is 11.9. The summed E-state index contributed by atoms with van der Waals surface area (Å²) in [6, 6.07) is 0. The molecule has 10 atom stereocenters. The van der Waals surface area contributed by atoms with Crippen molar-refractivity contribution in [1.82, 2.24) is 0 Å². The molecule has 2 N–H and O–H groups in total. The molecule has 0 aromatic rings. The van der Waals surface area contributed by atoms with Crippen molar-refractivity contribution in [2.75, 3.05) is 0 Å². The molecule has 4 fully saturated rings. The van der Waals surface area contributed by atoms with Crippen LogP contribution in [-0.2, 0) is 0 Å². The van der Waals surface area contributed by atoms with Crippen molar-refractivity contribution in [3.63, 3.8) is 0 Å². The van der Waals surface area contributed by atoms with Gasteiger partial charge in [-0.2, -0.15) is 0 Å². The lowest BCUT2D eigenvalue weighted by atomic mass is 9.43. The molecule has 0 aromatic carbocycles. The molecule has 1 unspecified atom stereocenters. The minimum atomic E-state index is -0.380. The Morgan fingerprint density at radius 3 is 2.23 bits per heavy atom. The average Bonchev–Trinajstić information content (AvgIpc) is 3.09. The Morgan fingerprint density at radius 2 is 1.55 bits per heavy atom. The molecule has 180 valence electrons. The molecule has 0 bridgehead atoms. The van der Waals surface area contributed by atoms with E-state index in [1.54, 1.807) is 0 Å². The van der Waals surface area contributed by atoms with Crippen molar-refractivity contribution in [3.8, 4) is 0 Å². The lowest BCUT2D eigenvalue weighted by molar-refractivity contribution is -0.152. The highest BCUT2D eigenvalue weighted by Crippen LogP contribution is 2.69. The molecule has 0 radical (unpaired) electrons. The molecule has 31 heavy (non-hydrogen) atoms. The zero-order valence-electron chi connectivity index (χ0n) is 21.5. The summed E-state index contributed by atoms with van der Waals surface area (Å²) in [5, 5.41) is 21.4. The maximum absolute atomic E-state index is 11.0. The van der Waals surface area contributed by atoms with Gasteiger partial charge in [0.2, 0.25) is 0 Å². The topological polar surface area (TPSA) is 40.5 Å². The number of hydrogen-bond donors (Lipinski definition) is 2. The van der Waals surface area contributed by atoms with E-state index in [9.17, 15) is 10.2 Å². The number of rotatable bonds is 6. The van der Waals surface area contributed by atoms with E-state index in [4.69, 9.17) is 0 Å². The van der Waals surface area contributed by atoms with Gasteiger partial charge in [0, 0.05) is 0 Å². The normalized spacial score (nSPS) is 49.3. The minimum Gasteiger partial charge on any atom is -0.393 e. The van der Waals surface area contributed by atoms with Crippen LogP contribution in [0.3, 0.4) is 0 Å². The van der Waals surface area contributed by atoms with Crippen molar-refractivity contribution >= 4 is 0 Å². The van der Waals surface area contributed by atoms with Crippen LogP contribution in [0.15, 0.2) is 0 Å². The zero-order valence-corrected chi connectivity index (χ0v) is 21.5. The van der Waals surface area contributed by atoms with Crippen LogP contribution < -0.4 is 0 Å². The fourth-order valence-electron chi connectivity index (χ4n) is 9.59. The highest BCUT2D eigenvalue weighted by Gasteiger charge is 2.61. The van der Waals surface area contributed by atoms with Crippen LogP contribution in [0.25, 0.3) is 0 Å². The van der Waals surface area contributed by atoms with Gasteiger partial charge in [0.15, 0.2) is 0 Å². The predicted molar refractivity (Wildman–Crippen MR) is 130 cm³/mol. The predicted octanol–water partition coefficient (Wildman–Crippen LogP) is 7.22. The standard InChI is InChI=1S/C29H52O2/c1-7-29(31)17-16-27(5)21(18-29)9-10-22-24-12-11-23(28(24,6)15-14-25(22)27)20(4)8-13-26(30)19(2)3/h19-26,30-31H,7-18H2,1-6H3/t20-,21-,22+,23?,24+,25+,26-,27+,28-,29+/m1/s1. The fraction of sp³-hybridized carbons (Fsp3) is 1.00. The summed E-state index contributed by atoms with van der Waals surface area (Å²) in [6.45, 7) is 14.2. The van der Waals surface area contributed by atoms with Gasteiger partial charge in [-0.15, -0.1) is 0 Å². The van der Waals surface area contributed by atoms with E-state index in [-0.39, 0.29) is 11.7 Å². The third kappa shape index (κ3) is 4.05. The first kappa shape index (κ1) is 24.1. The highest BCUT2D eigenvalue weighted by molar-refractivity contribution is 5.10. The second kappa shape index (κ2) is 8.61. The molecule has 0 amide bonds. The lowest BCUT2D eigenvalue weighted by Crippen LogP contribution is -2.56. The first-order valence-corrected chi connectivity index (χ1v) is 13.9. The van der Waals surface area contributed by atoms with E-state index in [2.05, 4.69) is 41.5 Å². The number of hydrogen-bond acceptors (Lipinski definition) is 2. The van der Waals surface area contributed by atoms with Crippen molar-refractivity contribution in [3.05, 3.63) is 0 Å².